The third-order valence-electron chi connectivity index (χ3n) is 6.33. The van der Waals surface area contributed by atoms with Crippen molar-refractivity contribution in [1.82, 2.24) is 34.5 Å². The van der Waals surface area contributed by atoms with E-state index in [9.17, 15) is 9.18 Å². The topological polar surface area (TPSA) is 102 Å². The van der Waals surface area contributed by atoms with E-state index in [-0.39, 0.29) is 29.0 Å². The van der Waals surface area contributed by atoms with Gasteiger partial charge >= 0.3 is 0 Å². The molecular formula is C21H21FN8O. The number of carbonyl (C=O) groups is 1. The number of aromatic nitrogens is 6. The normalized spacial score (nSPS) is 19.5. The second-order valence-electron chi connectivity index (χ2n) is 8.56. The predicted octanol–water partition coefficient (Wildman–Crippen LogP) is 2.28. The van der Waals surface area contributed by atoms with Crippen molar-refractivity contribution >= 4 is 23.1 Å². The van der Waals surface area contributed by atoms with Gasteiger partial charge in [-0.1, -0.05) is 0 Å². The van der Waals surface area contributed by atoms with Crippen LogP contribution in [-0.4, -0.2) is 47.2 Å². The zero-order valence-electron chi connectivity index (χ0n) is 17.2. The minimum atomic E-state index is -0.534. The predicted molar refractivity (Wildman–Crippen MR) is 111 cm³/mol. The van der Waals surface area contributed by atoms with Gasteiger partial charge in [-0.15, -0.1) is 5.10 Å². The third-order valence-corrected chi connectivity index (χ3v) is 6.33. The van der Waals surface area contributed by atoms with Crippen molar-refractivity contribution in [1.29, 1.82) is 0 Å². The number of anilines is 1. The first-order valence-electron chi connectivity index (χ1n) is 10.4. The molecule has 31 heavy (non-hydrogen) atoms. The van der Waals surface area contributed by atoms with Crippen LogP contribution in [0.15, 0.2) is 24.5 Å². The minimum absolute atomic E-state index is 0.0565. The summed E-state index contributed by atoms with van der Waals surface area (Å²) in [5.74, 6) is -0.643. The van der Waals surface area contributed by atoms with Crippen LogP contribution >= 0.6 is 0 Å². The number of imidazole rings is 1. The van der Waals surface area contributed by atoms with E-state index < -0.39 is 5.82 Å². The van der Waals surface area contributed by atoms with Gasteiger partial charge in [0.15, 0.2) is 17.1 Å². The third kappa shape index (κ3) is 2.89. The Morgan fingerprint density at radius 1 is 1.16 bits per heavy atom. The first-order valence-corrected chi connectivity index (χ1v) is 10.4. The molecule has 1 aliphatic carbocycles. The zero-order chi connectivity index (χ0) is 21.3. The molecule has 1 atom stereocenters. The maximum atomic E-state index is 14.8. The molecule has 2 aliphatic rings. The van der Waals surface area contributed by atoms with Crippen LogP contribution in [0.5, 0.6) is 0 Å². The van der Waals surface area contributed by atoms with Crippen LogP contribution in [0.3, 0.4) is 0 Å². The Morgan fingerprint density at radius 3 is 2.77 bits per heavy atom. The molecule has 0 radical (unpaired) electrons. The Morgan fingerprint density at radius 2 is 1.97 bits per heavy atom. The number of amides is 1. The molecule has 0 bridgehead atoms. The number of nitrogens with one attached hydrogen (secondary N) is 2. The molecule has 4 aromatic rings. The van der Waals surface area contributed by atoms with Gasteiger partial charge in [-0.2, -0.15) is 10.1 Å². The fourth-order valence-electron chi connectivity index (χ4n) is 4.63. The van der Waals surface area contributed by atoms with Gasteiger partial charge in [-0.05, 0) is 57.4 Å². The van der Waals surface area contributed by atoms with Crippen molar-refractivity contribution in [3.8, 4) is 11.3 Å². The Bertz CT molecular complexity index is 1370. The number of aryl methyl sites for hydroxylation is 2. The van der Waals surface area contributed by atoms with E-state index in [0.717, 1.165) is 42.7 Å². The summed E-state index contributed by atoms with van der Waals surface area (Å²) in [6.07, 6.45) is 6.30. The van der Waals surface area contributed by atoms with Crippen LogP contribution in [0.25, 0.3) is 22.6 Å². The lowest BCUT2D eigenvalue weighted by atomic mass is 9.98. The van der Waals surface area contributed by atoms with Gasteiger partial charge in [-0.25, -0.2) is 18.4 Å². The molecule has 1 aliphatic heterocycles. The highest BCUT2D eigenvalue weighted by molar-refractivity contribution is 5.92. The van der Waals surface area contributed by atoms with Crippen molar-refractivity contribution in [2.45, 2.75) is 38.6 Å². The summed E-state index contributed by atoms with van der Waals surface area (Å²) >= 11 is 0. The molecule has 10 heteroatoms. The summed E-state index contributed by atoms with van der Waals surface area (Å²) in [7, 11) is 0. The molecule has 1 unspecified atom stereocenters. The first kappa shape index (κ1) is 18.4. The highest BCUT2D eigenvalue weighted by Crippen LogP contribution is 2.47. The number of nitrogens with zero attached hydrogens (tertiary/aromatic N) is 6. The quantitative estimate of drug-likeness (QED) is 0.527. The summed E-state index contributed by atoms with van der Waals surface area (Å²) < 4.78 is 17.9. The van der Waals surface area contributed by atoms with Gasteiger partial charge in [0.1, 0.15) is 0 Å². The van der Waals surface area contributed by atoms with Crippen LogP contribution < -0.4 is 10.6 Å². The molecule has 2 fully saturated rings. The number of pyridine rings is 1. The monoisotopic (exact) mass is 420 g/mol. The smallest absolute Gasteiger partial charge is 0.249 e. The average Bonchev–Trinajstić information content (AvgIpc) is 3.03. The Hall–Kier alpha value is -3.40. The Labute approximate surface area is 176 Å². The van der Waals surface area contributed by atoms with Crippen molar-refractivity contribution in [3.63, 3.8) is 0 Å². The molecule has 0 aromatic carbocycles. The number of rotatable bonds is 3. The lowest BCUT2D eigenvalue weighted by molar-refractivity contribution is -0.120. The van der Waals surface area contributed by atoms with Gasteiger partial charge in [0.05, 0.1) is 23.5 Å². The maximum Gasteiger partial charge on any atom is 0.249 e. The SMILES string of the molecule is Cc1cn2nc(-c3cc(F)c4nc(NC(=O)C5CCNC56CC6)nn4c3)cc(C)c2n1. The number of halogens is 1. The molecule has 1 saturated carbocycles. The maximum absolute atomic E-state index is 14.8. The van der Waals surface area contributed by atoms with Crippen LogP contribution in [0.1, 0.15) is 30.5 Å². The number of hydrogen-bond acceptors (Lipinski definition) is 6. The van der Waals surface area contributed by atoms with Gasteiger partial charge in [-0.3, -0.25) is 10.1 Å². The van der Waals surface area contributed by atoms with Crippen LogP contribution in [0.4, 0.5) is 10.3 Å². The van der Waals surface area contributed by atoms with Gasteiger partial charge in [0.2, 0.25) is 11.9 Å². The number of hydrogen-bond donors (Lipinski definition) is 2. The molecule has 5 heterocycles. The van der Waals surface area contributed by atoms with E-state index in [4.69, 9.17) is 0 Å². The van der Waals surface area contributed by atoms with Crippen LogP contribution in [0.2, 0.25) is 0 Å². The molecule has 9 nitrogen and oxygen atoms in total. The fraction of sp³-hybridized carbons (Fsp3) is 0.381. The molecule has 1 saturated heterocycles. The van der Waals surface area contributed by atoms with Crippen molar-refractivity contribution in [2.24, 2.45) is 5.92 Å². The largest absolute Gasteiger partial charge is 0.310 e. The van der Waals surface area contributed by atoms with E-state index in [2.05, 4.69) is 30.8 Å². The molecule has 4 aromatic heterocycles. The summed E-state index contributed by atoms with van der Waals surface area (Å²) in [6, 6.07) is 3.25. The molecule has 2 N–H and O–H groups in total. The highest BCUT2D eigenvalue weighted by Gasteiger charge is 2.55. The highest BCUT2D eigenvalue weighted by atomic mass is 19.1. The van der Waals surface area contributed by atoms with Crippen molar-refractivity contribution in [2.75, 3.05) is 11.9 Å². The van der Waals surface area contributed by atoms with Crippen LogP contribution in [0, 0.1) is 25.6 Å². The second-order valence-corrected chi connectivity index (χ2v) is 8.56. The summed E-state index contributed by atoms with van der Waals surface area (Å²) in [5, 5.41) is 15.0. The Kier molecular flexibility index (Phi) is 3.73. The average molecular weight is 420 g/mol. The van der Waals surface area contributed by atoms with E-state index in [1.54, 1.807) is 10.7 Å². The van der Waals surface area contributed by atoms with Gasteiger partial charge in [0, 0.05) is 17.3 Å². The minimum Gasteiger partial charge on any atom is -0.310 e. The first-order chi connectivity index (χ1) is 14.9. The van der Waals surface area contributed by atoms with E-state index in [0.29, 0.717) is 11.3 Å². The summed E-state index contributed by atoms with van der Waals surface area (Å²) in [5.41, 5.74) is 3.71. The summed E-state index contributed by atoms with van der Waals surface area (Å²) in [6.45, 7) is 4.68. The number of fused-ring (bicyclic) bond motifs is 2. The molecule has 1 spiro atoms. The summed E-state index contributed by atoms with van der Waals surface area (Å²) in [4.78, 5) is 21.4. The zero-order valence-corrected chi connectivity index (χ0v) is 17.2. The van der Waals surface area contributed by atoms with E-state index >= 15 is 0 Å². The standard InChI is InChI=1S/C21H21FN8O/c1-11-7-16(27-29-9-12(2)24-17(11)29)13-8-15(22)18-25-20(28-30(18)10-13)26-19(31)14-3-6-23-21(14)4-5-21/h7-10,14,23H,3-6H2,1-2H3,(H,26,28,31). The van der Waals surface area contributed by atoms with Crippen molar-refractivity contribution < 1.29 is 9.18 Å². The van der Waals surface area contributed by atoms with Gasteiger partial charge in [0.25, 0.3) is 0 Å². The Balaban J connectivity index is 1.34. The second kappa shape index (κ2) is 6.30. The van der Waals surface area contributed by atoms with Crippen LogP contribution in [-0.2, 0) is 4.79 Å². The molecule has 6 rings (SSSR count). The molecule has 1 amide bonds. The fourth-order valence-corrected chi connectivity index (χ4v) is 4.63. The number of carbonyl (C=O) groups excluding carboxylic acids is 1. The van der Waals surface area contributed by atoms with Gasteiger partial charge < -0.3 is 5.32 Å². The van der Waals surface area contributed by atoms with E-state index in [1.165, 1.54) is 10.6 Å². The molecular weight excluding hydrogens is 399 g/mol. The van der Waals surface area contributed by atoms with E-state index in [1.807, 2.05) is 26.1 Å². The molecule has 158 valence electrons. The lowest BCUT2D eigenvalue weighted by Crippen LogP contribution is -2.36. The van der Waals surface area contributed by atoms with Crippen molar-refractivity contribution in [3.05, 3.63) is 41.6 Å². The lowest BCUT2D eigenvalue weighted by Gasteiger charge is -2.16.